The number of nitrogens with zero attached hydrogens (tertiary/aromatic N) is 3. The average molecular weight is 357 g/mol. The number of thiophene rings is 1. The first-order chi connectivity index (χ1) is 12.2. The Hall–Kier alpha value is -2.23. The third kappa shape index (κ3) is 4.06. The van der Waals surface area contributed by atoms with E-state index in [2.05, 4.69) is 16.3 Å². The van der Waals surface area contributed by atoms with Gasteiger partial charge >= 0.3 is 0 Å². The van der Waals surface area contributed by atoms with Gasteiger partial charge in [-0.15, -0.1) is 0 Å². The Morgan fingerprint density at radius 2 is 2.24 bits per heavy atom. The van der Waals surface area contributed by atoms with E-state index in [-0.39, 0.29) is 37.1 Å². The van der Waals surface area contributed by atoms with E-state index in [0.717, 1.165) is 19.4 Å². The van der Waals surface area contributed by atoms with E-state index in [4.69, 9.17) is 5.26 Å². The minimum Gasteiger partial charge on any atom is -0.308 e. The lowest BCUT2D eigenvalue weighted by Gasteiger charge is -2.28. The molecule has 4 nitrogen and oxygen atoms in total. The maximum Gasteiger partial charge on any atom is 0.241 e. The maximum atomic E-state index is 14.2. The molecule has 0 N–H and O–H groups in total. The zero-order valence-corrected chi connectivity index (χ0v) is 14.7. The zero-order chi connectivity index (χ0) is 17.6. The molecule has 0 spiro atoms. The predicted molar refractivity (Wildman–Crippen MR) is 96.9 cm³/mol. The summed E-state index contributed by atoms with van der Waals surface area (Å²) in [5.74, 6) is -0.605. The summed E-state index contributed by atoms with van der Waals surface area (Å²) in [5.41, 5.74) is 1.48. The number of nitriles is 1. The monoisotopic (exact) mass is 357 g/mol. The smallest absolute Gasteiger partial charge is 0.241 e. The second kappa shape index (κ2) is 8.24. The van der Waals surface area contributed by atoms with Gasteiger partial charge in [-0.25, -0.2) is 4.39 Å². The highest BCUT2D eigenvalue weighted by Gasteiger charge is 2.30. The van der Waals surface area contributed by atoms with Crippen LogP contribution in [0.15, 0.2) is 41.1 Å². The van der Waals surface area contributed by atoms with Gasteiger partial charge in [0.2, 0.25) is 5.91 Å². The largest absolute Gasteiger partial charge is 0.308 e. The van der Waals surface area contributed by atoms with E-state index in [9.17, 15) is 9.18 Å². The highest BCUT2D eigenvalue weighted by Crippen LogP contribution is 2.33. The van der Waals surface area contributed by atoms with Gasteiger partial charge in [0, 0.05) is 12.6 Å². The summed E-state index contributed by atoms with van der Waals surface area (Å²) in [5, 5.41) is 13.0. The molecule has 1 fully saturated rings. The average Bonchev–Trinajstić information content (AvgIpc) is 3.28. The van der Waals surface area contributed by atoms with Crippen molar-refractivity contribution in [2.45, 2.75) is 25.3 Å². The Bertz CT molecular complexity index is 756. The van der Waals surface area contributed by atoms with Crippen molar-refractivity contribution in [3.63, 3.8) is 0 Å². The molecule has 0 bridgehead atoms. The van der Waals surface area contributed by atoms with Crippen LogP contribution >= 0.6 is 11.3 Å². The van der Waals surface area contributed by atoms with Crippen LogP contribution in [0.4, 0.5) is 10.1 Å². The molecule has 3 rings (SSSR count). The second-order valence-electron chi connectivity index (χ2n) is 6.09. The lowest BCUT2D eigenvalue weighted by molar-refractivity contribution is -0.120. The Balaban J connectivity index is 1.76. The number of anilines is 1. The number of rotatable bonds is 6. The van der Waals surface area contributed by atoms with Crippen LogP contribution in [-0.4, -0.2) is 30.4 Å². The van der Waals surface area contributed by atoms with Gasteiger partial charge in [-0.2, -0.15) is 16.6 Å². The van der Waals surface area contributed by atoms with Crippen LogP contribution in [0.3, 0.4) is 0 Å². The van der Waals surface area contributed by atoms with Crippen molar-refractivity contribution in [1.29, 1.82) is 5.26 Å². The van der Waals surface area contributed by atoms with E-state index >= 15 is 0 Å². The highest BCUT2D eigenvalue weighted by molar-refractivity contribution is 7.07. The molecule has 1 aromatic carbocycles. The minimum absolute atomic E-state index is 0.164. The molecule has 1 amide bonds. The van der Waals surface area contributed by atoms with Crippen LogP contribution in [-0.2, 0) is 4.79 Å². The van der Waals surface area contributed by atoms with E-state index in [1.54, 1.807) is 29.5 Å². The quantitative estimate of drug-likeness (QED) is 0.786. The zero-order valence-electron chi connectivity index (χ0n) is 13.9. The van der Waals surface area contributed by atoms with Crippen molar-refractivity contribution in [3.8, 4) is 6.07 Å². The van der Waals surface area contributed by atoms with Crippen LogP contribution in [0.2, 0.25) is 0 Å². The second-order valence-corrected chi connectivity index (χ2v) is 6.87. The molecule has 1 atom stereocenters. The number of halogens is 1. The highest BCUT2D eigenvalue weighted by atomic mass is 32.1. The maximum absolute atomic E-state index is 14.2. The van der Waals surface area contributed by atoms with E-state index in [1.165, 1.54) is 16.5 Å². The number of amides is 1. The molecule has 0 aliphatic carbocycles. The summed E-state index contributed by atoms with van der Waals surface area (Å²) in [4.78, 5) is 16.4. The van der Waals surface area contributed by atoms with Gasteiger partial charge in [0.05, 0.1) is 24.7 Å². The van der Waals surface area contributed by atoms with E-state index in [1.807, 2.05) is 11.4 Å². The van der Waals surface area contributed by atoms with Crippen LogP contribution in [0.5, 0.6) is 0 Å². The van der Waals surface area contributed by atoms with Gasteiger partial charge in [0.1, 0.15) is 5.82 Å². The Morgan fingerprint density at radius 1 is 1.40 bits per heavy atom. The van der Waals surface area contributed by atoms with Gasteiger partial charge in [-0.3, -0.25) is 9.69 Å². The fourth-order valence-electron chi connectivity index (χ4n) is 3.33. The summed E-state index contributed by atoms with van der Waals surface area (Å²) in [6.45, 7) is 1.29. The van der Waals surface area contributed by atoms with Crippen molar-refractivity contribution in [3.05, 3.63) is 52.5 Å². The molecule has 25 heavy (non-hydrogen) atoms. The van der Waals surface area contributed by atoms with Crippen molar-refractivity contribution in [1.82, 2.24) is 4.90 Å². The number of hydrogen-bond acceptors (Lipinski definition) is 4. The molecule has 1 unspecified atom stereocenters. The minimum atomic E-state index is -0.440. The van der Waals surface area contributed by atoms with Crippen LogP contribution in [0.25, 0.3) is 0 Å². The SMILES string of the molecule is N#CCCN(C(=O)CN1CCCC1c1ccsc1)c1ccccc1F. The third-order valence-corrected chi connectivity index (χ3v) is 5.22. The van der Waals surface area contributed by atoms with Crippen molar-refractivity contribution >= 4 is 22.9 Å². The molecule has 1 aliphatic rings. The Labute approximate surface area is 151 Å². The predicted octanol–water partition coefficient (Wildman–Crippen LogP) is 3.97. The van der Waals surface area contributed by atoms with Crippen LogP contribution in [0, 0.1) is 17.1 Å². The molecule has 2 heterocycles. The van der Waals surface area contributed by atoms with Crippen molar-refractivity contribution in [2.24, 2.45) is 0 Å². The van der Waals surface area contributed by atoms with Gasteiger partial charge < -0.3 is 4.90 Å². The standard InChI is InChI=1S/C19H20FN3OS/c20-16-5-1-2-6-18(16)23(11-4-9-21)19(24)13-22-10-3-7-17(22)15-8-12-25-14-15/h1-2,5-6,8,12,14,17H,3-4,7,10-11,13H2. The number of benzene rings is 1. The lowest BCUT2D eigenvalue weighted by atomic mass is 10.1. The summed E-state index contributed by atoms with van der Waals surface area (Å²) < 4.78 is 14.2. The number of carbonyl (C=O) groups is 1. The van der Waals surface area contributed by atoms with Gasteiger partial charge in [-0.1, -0.05) is 12.1 Å². The summed E-state index contributed by atoms with van der Waals surface area (Å²) in [6.07, 6.45) is 2.25. The molecule has 1 aliphatic heterocycles. The van der Waals surface area contributed by atoms with Crippen molar-refractivity contribution in [2.75, 3.05) is 24.5 Å². The van der Waals surface area contributed by atoms with Crippen LogP contribution < -0.4 is 4.90 Å². The Kier molecular flexibility index (Phi) is 5.79. The first-order valence-corrected chi connectivity index (χ1v) is 9.33. The molecule has 1 aromatic heterocycles. The normalized spacial score (nSPS) is 17.4. The molecule has 0 radical (unpaired) electrons. The fraction of sp³-hybridized carbons (Fsp3) is 0.368. The molecular weight excluding hydrogens is 337 g/mol. The Morgan fingerprint density at radius 3 is 2.96 bits per heavy atom. The molecule has 2 aromatic rings. The van der Waals surface area contributed by atoms with Crippen LogP contribution in [0.1, 0.15) is 30.9 Å². The number of hydrogen-bond donors (Lipinski definition) is 0. The van der Waals surface area contributed by atoms with E-state index in [0.29, 0.717) is 0 Å². The van der Waals surface area contributed by atoms with Gasteiger partial charge in [0.25, 0.3) is 0 Å². The number of carbonyl (C=O) groups excluding carboxylic acids is 1. The summed E-state index contributed by atoms with van der Waals surface area (Å²) >= 11 is 1.66. The first-order valence-electron chi connectivity index (χ1n) is 8.38. The fourth-order valence-corrected chi connectivity index (χ4v) is 4.04. The topological polar surface area (TPSA) is 47.3 Å². The van der Waals surface area contributed by atoms with Gasteiger partial charge in [0.15, 0.2) is 0 Å². The first kappa shape index (κ1) is 17.6. The molecule has 1 saturated heterocycles. The molecular formula is C19H20FN3OS. The molecule has 130 valence electrons. The van der Waals surface area contributed by atoms with Gasteiger partial charge in [-0.05, 0) is 53.9 Å². The lowest BCUT2D eigenvalue weighted by Crippen LogP contribution is -2.41. The number of para-hydroxylation sites is 1. The number of likely N-dealkylation sites (tertiary alicyclic amines) is 1. The van der Waals surface area contributed by atoms with E-state index < -0.39 is 5.82 Å². The summed E-state index contributed by atoms with van der Waals surface area (Å²) in [6, 6.07) is 10.6. The molecule has 0 saturated carbocycles. The van der Waals surface area contributed by atoms with Crippen molar-refractivity contribution < 1.29 is 9.18 Å². The molecule has 6 heteroatoms. The summed E-state index contributed by atoms with van der Waals surface area (Å²) in [7, 11) is 0. The third-order valence-electron chi connectivity index (χ3n) is 4.52.